The predicted molar refractivity (Wildman–Crippen MR) is 88.6 cm³/mol. The van der Waals surface area contributed by atoms with Gasteiger partial charge in [-0.05, 0) is 35.2 Å². The number of nitrogens with zero attached hydrogens (tertiary/aromatic N) is 2. The fraction of sp³-hybridized carbons (Fsp3) is 0.158. The monoisotopic (exact) mass is 306 g/mol. The van der Waals surface area contributed by atoms with Crippen LogP contribution in [0.5, 0.6) is 0 Å². The summed E-state index contributed by atoms with van der Waals surface area (Å²) in [5.74, 6) is -0.377. The van der Waals surface area contributed by atoms with Crippen LogP contribution in [0.2, 0.25) is 0 Å². The van der Waals surface area contributed by atoms with E-state index in [4.69, 9.17) is 5.26 Å². The van der Waals surface area contributed by atoms with Gasteiger partial charge in [0.1, 0.15) is 0 Å². The van der Waals surface area contributed by atoms with Gasteiger partial charge in [0.15, 0.2) is 0 Å². The van der Waals surface area contributed by atoms with Crippen LogP contribution < -0.4 is 0 Å². The standard InChI is InChI=1S/C19H18N2O2/c1-15(22)21(23)12-3-2-5-16-6-4-7-19(13-16)18-10-8-17(14-20)9-11-18/h2-4,6-11,13,23H,5,12H2,1H3. The average Bonchev–Trinajstić information content (AvgIpc) is 2.58. The van der Waals surface area contributed by atoms with Crippen molar-refractivity contribution in [3.05, 3.63) is 71.8 Å². The van der Waals surface area contributed by atoms with Crippen molar-refractivity contribution in [3.8, 4) is 17.2 Å². The molecule has 0 fully saturated rings. The fourth-order valence-electron chi connectivity index (χ4n) is 2.14. The van der Waals surface area contributed by atoms with Crippen LogP contribution in [-0.4, -0.2) is 22.7 Å². The van der Waals surface area contributed by atoms with Crippen LogP contribution in [0, 0.1) is 11.3 Å². The zero-order valence-electron chi connectivity index (χ0n) is 12.9. The molecule has 0 heterocycles. The third-order valence-electron chi connectivity index (χ3n) is 3.44. The quantitative estimate of drug-likeness (QED) is 0.522. The first-order valence-corrected chi connectivity index (χ1v) is 7.31. The minimum atomic E-state index is -0.377. The maximum Gasteiger partial charge on any atom is 0.243 e. The van der Waals surface area contributed by atoms with Crippen LogP contribution in [0.1, 0.15) is 18.1 Å². The summed E-state index contributed by atoms with van der Waals surface area (Å²) in [5.41, 5.74) is 3.93. The van der Waals surface area contributed by atoms with E-state index in [0.717, 1.165) is 23.1 Å². The van der Waals surface area contributed by atoms with Crippen LogP contribution in [-0.2, 0) is 11.2 Å². The highest BCUT2D eigenvalue weighted by molar-refractivity contribution is 5.71. The van der Waals surface area contributed by atoms with Crippen molar-refractivity contribution in [3.63, 3.8) is 0 Å². The Morgan fingerprint density at radius 1 is 1.17 bits per heavy atom. The van der Waals surface area contributed by atoms with Gasteiger partial charge < -0.3 is 0 Å². The number of allylic oxidation sites excluding steroid dienone is 1. The highest BCUT2D eigenvalue weighted by Crippen LogP contribution is 2.21. The Bertz CT molecular complexity index is 743. The molecule has 4 nitrogen and oxygen atoms in total. The highest BCUT2D eigenvalue weighted by atomic mass is 16.5. The first kappa shape index (κ1) is 16.5. The molecular weight excluding hydrogens is 288 g/mol. The summed E-state index contributed by atoms with van der Waals surface area (Å²) in [7, 11) is 0. The van der Waals surface area contributed by atoms with E-state index in [2.05, 4.69) is 12.1 Å². The Hall–Kier alpha value is -2.90. The Labute approximate surface area is 135 Å². The molecule has 23 heavy (non-hydrogen) atoms. The second kappa shape index (κ2) is 7.92. The van der Waals surface area contributed by atoms with Gasteiger partial charge >= 0.3 is 0 Å². The van der Waals surface area contributed by atoms with Gasteiger partial charge in [0.25, 0.3) is 0 Å². The lowest BCUT2D eigenvalue weighted by molar-refractivity contribution is -0.160. The summed E-state index contributed by atoms with van der Waals surface area (Å²) in [4.78, 5) is 10.9. The molecule has 0 aliphatic heterocycles. The van der Waals surface area contributed by atoms with Crippen LogP contribution in [0.15, 0.2) is 60.7 Å². The topological polar surface area (TPSA) is 64.3 Å². The van der Waals surface area contributed by atoms with Gasteiger partial charge in [-0.1, -0.05) is 48.6 Å². The summed E-state index contributed by atoms with van der Waals surface area (Å²) in [6.07, 6.45) is 4.40. The summed E-state index contributed by atoms with van der Waals surface area (Å²) < 4.78 is 0. The van der Waals surface area contributed by atoms with Gasteiger partial charge in [0, 0.05) is 6.92 Å². The molecule has 0 bridgehead atoms. The minimum Gasteiger partial charge on any atom is -0.286 e. The average molecular weight is 306 g/mol. The van der Waals surface area contributed by atoms with E-state index in [1.54, 1.807) is 18.2 Å². The number of hydroxylamine groups is 2. The molecule has 0 saturated carbocycles. The molecule has 0 unspecified atom stereocenters. The van der Waals surface area contributed by atoms with Crippen molar-refractivity contribution >= 4 is 5.91 Å². The van der Waals surface area contributed by atoms with E-state index in [1.807, 2.05) is 36.4 Å². The van der Waals surface area contributed by atoms with E-state index in [0.29, 0.717) is 10.6 Å². The van der Waals surface area contributed by atoms with Crippen molar-refractivity contribution in [2.75, 3.05) is 6.54 Å². The van der Waals surface area contributed by atoms with Crippen molar-refractivity contribution in [2.45, 2.75) is 13.3 Å². The van der Waals surface area contributed by atoms with E-state index in [-0.39, 0.29) is 12.5 Å². The normalized spacial score (nSPS) is 10.5. The van der Waals surface area contributed by atoms with Gasteiger partial charge in [-0.25, -0.2) is 5.06 Å². The summed E-state index contributed by atoms with van der Waals surface area (Å²) in [6, 6.07) is 17.7. The SMILES string of the molecule is CC(=O)N(O)CC=CCc1cccc(-c2ccc(C#N)cc2)c1. The number of hydrogen-bond acceptors (Lipinski definition) is 3. The molecule has 1 N–H and O–H groups in total. The van der Waals surface area contributed by atoms with Gasteiger partial charge in [-0.2, -0.15) is 5.26 Å². The first-order chi connectivity index (χ1) is 11.1. The van der Waals surface area contributed by atoms with Gasteiger partial charge in [0.2, 0.25) is 5.91 Å². The third kappa shape index (κ3) is 4.80. The Morgan fingerprint density at radius 3 is 2.57 bits per heavy atom. The molecule has 2 rings (SSSR count). The predicted octanol–water partition coefficient (Wildman–Crippen LogP) is 3.56. The molecule has 0 spiro atoms. The summed E-state index contributed by atoms with van der Waals surface area (Å²) in [6.45, 7) is 1.50. The molecule has 0 atom stereocenters. The van der Waals surface area contributed by atoms with Gasteiger partial charge in [-0.15, -0.1) is 0 Å². The maximum atomic E-state index is 10.9. The van der Waals surface area contributed by atoms with Crippen molar-refractivity contribution in [2.24, 2.45) is 0 Å². The number of nitriles is 1. The fourth-order valence-corrected chi connectivity index (χ4v) is 2.14. The minimum absolute atomic E-state index is 0.185. The van der Waals surface area contributed by atoms with E-state index in [1.165, 1.54) is 6.92 Å². The van der Waals surface area contributed by atoms with E-state index >= 15 is 0 Å². The number of carbonyl (C=O) groups is 1. The smallest absolute Gasteiger partial charge is 0.243 e. The van der Waals surface area contributed by atoms with E-state index in [9.17, 15) is 10.0 Å². The lowest BCUT2D eigenvalue weighted by atomic mass is 10.0. The zero-order chi connectivity index (χ0) is 16.7. The number of benzene rings is 2. The Morgan fingerprint density at radius 2 is 1.91 bits per heavy atom. The molecule has 116 valence electrons. The molecule has 1 amide bonds. The molecule has 2 aromatic carbocycles. The van der Waals surface area contributed by atoms with Crippen molar-refractivity contribution in [1.29, 1.82) is 5.26 Å². The largest absolute Gasteiger partial charge is 0.286 e. The molecule has 2 aromatic rings. The third-order valence-corrected chi connectivity index (χ3v) is 3.44. The molecule has 0 aromatic heterocycles. The van der Waals surface area contributed by atoms with Crippen LogP contribution in [0.25, 0.3) is 11.1 Å². The molecular formula is C19H18N2O2. The van der Waals surface area contributed by atoms with Gasteiger partial charge in [-0.3, -0.25) is 10.0 Å². The summed E-state index contributed by atoms with van der Waals surface area (Å²) in [5, 5.41) is 18.8. The summed E-state index contributed by atoms with van der Waals surface area (Å²) >= 11 is 0. The number of hydrogen-bond donors (Lipinski definition) is 1. The number of amides is 1. The second-order valence-corrected chi connectivity index (χ2v) is 5.17. The number of rotatable bonds is 5. The van der Waals surface area contributed by atoms with Crippen LogP contribution in [0.4, 0.5) is 0 Å². The van der Waals surface area contributed by atoms with Gasteiger partial charge in [0.05, 0.1) is 18.2 Å². The van der Waals surface area contributed by atoms with Crippen LogP contribution in [0.3, 0.4) is 0 Å². The molecule has 0 saturated heterocycles. The molecule has 0 aliphatic carbocycles. The number of carbonyl (C=O) groups excluding carboxylic acids is 1. The zero-order valence-corrected chi connectivity index (χ0v) is 12.9. The molecule has 4 heteroatoms. The lowest BCUT2D eigenvalue weighted by Crippen LogP contribution is -2.24. The maximum absolute atomic E-state index is 10.9. The molecule has 0 radical (unpaired) electrons. The Balaban J connectivity index is 2.03. The lowest BCUT2D eigenvalue weighted by Gasteiger charge is -2.08. The second-order valence-electron chi connectivity index (χ2n) is 5.17. The first-order valence-electron chi connectivity index (χ1n) is 7.31. The van der Waals surface area contributed by atoms with E-state index < -0.39 is 0 Å². The van der Waals surface area contributed by atoms with Crippen molar-refractivity contribution < 1.29 is 10.0 Å². The van der Waals surface area contributed by atoms with Crippen molar-refractivity contribution in [1.82, 2.24) is 5.06 Å². The Kier molecular flexibility index (Phi) is 5.67. The highest BCUT2D eigenvalue weighted by Gasteiger charge is 2.01. The van der Waals surface area contributed by atoms with Crippen LogP contribution >= 0.6 is 0 Å². The molecule has 0 aliphatic rings.